The molecule has 0 aliphatic heterocycles. The summed E-state index contributed by atoms with van der Waals surface area (Å²) in [7, 11) is 0. The average molecular weight is 339 g/mol. The minimum absolute atomic E-state index is 0.183. The van der Waals surface area contributed by atoms with Crippen molar-refractivity contribution in [3.63, 3.8) is 0 Å². The number of carbonyl (C=O) groups is 1. The number of amides is 1. The van der Waals surface area contributed by atoms with E-state index >= 15 is 0 Å². The maximum Gasteiger partial charge on any atom is 0.410 e. The second-order valence-corrected chi connectivity index (χ2v) is 8.91. The van der Waals surface area contributed by atoms with Crippen LogP contribution in [0.5, 0.6) is 0 Å². The van der Waals surface area contributed by atoms with Crippen molar-refractivity contribution < 1.29 is 9.53 Å². The van der Waals surface area contributed by atoms with E-state index in [-0.39, 0.29) is 6.09 Å². The van der Waals surface area contributed by atoms with Crippen molar-refractivity contribution in [2.24, 2.45) is 0 Å². The van der Waals surface area contributed by atoms with E-state index in [1.54, 1.807) is 0 Å². The van der Waals surface area contributed by atoms with Crippen molar-refractivity contribution >= 4 is 17.4 Å². The second-order valence-electron chi connectivity index (χ2n) is 7.45. The molecule has 0 bridgehead atoms. The van der Waals surface area contributed by atoms with Gasteiger partial charge in [-0.05, 0) is 66.0 Å². The van der Waals surface area contributed by atoms with E-state index in [9.17, 15) is 4.79 Å². The Morgan fingerprint density at radius 1 is 1.43 bits per heavy atom. The Bertz CT molecular complexity index is 544. The molecule has 130 valence electrons. The molecule has 1 aromatic rings. The van der Waals surface area contributed by atoms with Crippen LogP contribution in [0.15, 0.2) is 6.07 Å². The first-order valence-electron chi connectivity index (χ1n) is 8.47. The van der Waals surface area contributed by atoms with Gasteiger partial charge in [0.2, 0.25) is 0 Å². The number of aryl methyl sites for hydroxylation is 2. The Labute approximate surface area is 144 Å². The smallest absolute Gasteiger partial charge is 0.410 e. The molecule has 1 fully saturated rings. The van der Waals surface area contributed by atoms with Crippen LogP contribution >= 0.6 is 11.3 Å². The molecular formula is C18H30N2O2S. The van der Waals surface area contributed by atoms with Gasteiger partial charge in [0, 0.05) is 34.9 Å². The maximum absolute atomic E-state index is 12.3. The van der Waals surface area contributed by atoms with E-state index in [0.29, 0.717) is 18.6 Å². The van der Waals surface area contributed by atoms with Gasteiger partial charge in [-0.25, -0.2) is 4.79 Å². The van der Waals surface area contributed by atoms with E-state index in [1.165, 1.54) is 15.3 Å². The highest BCUT2D eigenvalue weighted by molar-refractivity contribution is 7.12. The van der Waals surface area contributed by atoms with Crippen LogP contribution in [0.3, 0.4) is 0 Å². The zero-order chi connectivity index (χ0) is 17.2. The fourth-order valence-corrected chi connectivity index (χ4v) is 3.74. The molecule has 1 amide bonds. The predicted molar refractivity (Wildman–Crippen MR) is 96.2 cm³/mol. The molecule has 0 aromatic carbocycles. The molecule has 1 unspecified atom stereocenters. The third-order valence-electron chi connectivity index (χ3n) is 3.96. The molecule has 1 atom stereocenters. The third kappa shape index (κ3) is 5.50. The molecule has 0 radical (unpaired) electrons. The van der Waals surface area contributed by atoms with Crippen LogP contribution in [0.2, 0.25) is 0 Å². The zero-order valence-electron chi connectivity index (χ0n) is 15.2. The number of carbonyl (C=O) groups excluding carboxylic acids is 1. The molecular weight excluding hydrogens is 308 g/mol. The summed E-state index contributed by atoms with van der Waals surface area (Å²) in [4.78, 5) is 16.9. The van der Waals surface area contributed by atoms with Gasteiger partial charge in [0.25, 0.3) is 0 Å². The van der Waals surface area contributed by atoms with Crippen LogP contribution in [0.25, 0.3) is 0 Å². The molecule has 1 N–H and O–H groups in total. The van der Waals surface area contributed by atoms with Gasteiger partial charge in [-0.15, -0.1) is 11.3 Å². The average Bonchev–Trinajstić information content (AvgIpc) is 3.17. The lowest BCUT2D eigenvalue weighted by molar-refractivity contribution is 0.0235. The summed E-state index contributed by atoms with van der Waals surface area (Å²) < 4.78 is 5.53. The van der Waals surface area contributed by atoms with Gasteiger partial charge in [-0.1, -0.05) is 0 Å². The summed E-state index contributed by atoms with van der Waals surface area (Å²) in [6, 6.07) is 2.93. The summed E-state index contributed by atoms with van der Waals surface area (Å²) in [5.74, 6) is 0. The van der Waals surface area contributed by atoms with E-state index in [1.807, 2.05) is 37.0 Å². The topological polar surface area (TPSA) is 41.6 Å². The number of ether oxygens (including phenoxy) is 1. The Morgan fingerprint density at radius 3 is 2.57 bits per heavy atom. The molecule has 2 rings (SSSR count). The van der Waals surface area contributed by atoms with E-state index < -0.39 is 5.60 Å². The summed E-state index contributed by atoms with van der Waals surface area (Å²) in [5.41, 5.74) is 0.929. The van der Waals surface area contributed by atoms with Crippen molar-refractivity contribution in [2.75, 3.05) is 13.1 Å². The number of thiophene rings is 1. The van der Waals surface area contributed by atoms with Crippen molar-refractivity contribution in [3.8, 4) is 0 Å². The Kier molecular flexibility index (Phi) is 5.74. The van der Waals surface area contributed by atoms with E-state index in [2.05, 4.69) is 32.2 Å². The van der Waals surface area contributed by atoms with Crippen LogP contribution in [0.1, 0.15) is 61.9 Å². The Balaban J connectivity index is 1.85. The summed E-state index contributed by atoms with van der Waals surface area (Å²) in [5, 5.41) is 3.54. The van der Waals surface area contributed by atoms with Crippen molar-refractivity contribution in [2.45, 2.75) is 72.1 Å². The molecule has 0 spiro atoms. The lowest BCUT2D eigenvalue weighted by Gasteiger charge is -2.28. The molecule has 1 aliphatic rings. The SMILES string of the molecule is Cc1cc(C(C)NCCN(C(=O)OC(C)(C)C)C2CC2)c(C)s1. The first-order valence-corrected chi connectivity index (χ1v) is 9.29. The fourth-order valence-electron chi connectivity index (χ4n) is 2.72. The van der Waals surface area contributed by atoms with Crippen LogP contribution in [-0.4, -0.2) is 35.7 Å². The molecule has 0 saturated heterocycles. The normalized spacial score (nSPS) is 16.3. The van der Waals surface area contributed by atoms with Crippen molar-refractivity contribution in [1.29, 1.82) is 0 Å². The lowest BCUT2D eigenvalue weighted by atomic mass is 10.1. The molecule has 4 nitrogen and oxygen atoms in total. The van der Waals surface area contributed by atoms with Gasteiger partial charge >= 0.3 is 6.09 Å². The van der Waals surface area contributed by atoms with Crippen LogP contribution in [-0.2, 0) is 4.74 Å². The van der Waals surface area contributed by atoms with Gasteiger partial charge in [-0.3, -0.25) is 0 Å². The van der Waals surface area contributed by atoms with Gasteiger partial charge in [0.1, 0.15) is 5.60 Å². The molecule has 1 aromatic heterocycles. The number of hydrogen-bond donors (Lipinski definition) is 1. The minimum Gasteiger partial charge on any atom is -0.444 e. The number of hydrogen-bond acceptors (Lipinski definition) is 4. The predicted octanol–water partition coefficient (Wildman–Crippen LogP) is 4.42. The lowest BCUT2D eigenvalue weighted by Crippen LogP contribution is -2.42. The van der Waals surface area contributed by atoms with Crippen molar-refractivity contribution in [1.82, 2.24) is 10.2 Å². The van der Waals surface area contributed by atoms with Gasteiger partial charge in [0.15, 0.2) is 0 Å². The first kappa shape index (κ1) is 18.3. The zero-order valence-corrected chi connectivity index (χ0v) is 16.0. The van der Waals surface area contributed by atoms with Gasteiger partial charge in [0.05, 0.1) is 0 Å². The van der Waals surface area contributed by atoms with E-state index in [4.69, 9.17) is 4.74 Å². The Hall–Kier alpha value is -1.07. The molecule has 5 heteroatoms. The monoisotopic (exact) mass is 338 g/mol. The highest BCUT2D eigenvalue weighted by Gasteiger charge is 2.34. The molecule has 1 saturated carbocycles. The molecule has 1 heterocycles. The Morgan fingerprint density at radius 2 is 2.09 bits per heavy atom. The quantitative estimate of drug-likeness (QED) is 0.835. The van der Waals surface area contributed by atoms with Crippen LogP contribution in [0, 0.1) is 13.8 Å². The molecule has 23 heavy (non-hydrogen) atoms. The number of nitrogens with one attached hydrogen (secondary N) is 1. The van der Waals surface area contributed by atoms with Crippen molar-refractivity contribution in [3.05, 3.63) is 21.4 Å². The fraction of sp³-hybridized carbons (Fsp3) is 0.722. The third-order valence-corrected chi connectivity index (χ3v) is 4.95. The second kappa shape index (κ2) is 7.22. The number of nitrogens with zero attached hydrogens (tertiary/aromatic N) is 1. The number of rotatable bonds is 6. The van der Waals surface area contributed by atoms with E-state index in [0.717, 1.165) is 19.4 Å². The largest absolute Gasteiger partial charge is 0.444 e. The maximum atomic E-state index is 12.3. The minimum atomic E-state index is -0.434. The van der Waals surface area contributed by atoms with Crippen LogP contribution < -0.4 is 5.32 Å². The highest BCUT2D eigenvalue weighted by atomic mass is 32.1. The van der Waals surface area contributed by atoms with Crippen LogP contribution in [0.4, 0.5) is 4.79 Å². The molecule has 1 aliphatic carbocycles. The van der Waals surface area contributed by atoms with Gasteiger partial charge in [-0.2, -0.15) is 0 Å². The summed E-state index contributed by atoms with van der Waals surface area (Å²) >= 11 is 1.84. The van der Waals surface area contributed by atoms with Gasteiger partial charge < -0.3 is 15.0 Å². The first-order chi connectivity index (χ1) is 10.7. The standard InChI is InChI=1S/C18H30N2O2S/c1-12-11-16(14(3)23-12)13(2)19-9-10-20(15-7-8-15)17(21)22-18(4,5)6/h11,13,15,19H,7-10H2,1-6H3. The summed E-state index contributed by atoms with van der Waals surface area (Å²) in [6.07, 6.45) is 2.01. The summed E-state index contributed by atoms with van der Waals surface area (Å²) in [6.45, 7) is 13.7. The highest BCUT2D eigenvalue weighted by Crippen LogP contribution is 2.29.